The van der Waals surface area contributed by atoms with Crippen molar-refractivity contribution in [1.82, 2.24) is 19.5 Å². The van der Waals surface area contributed by atoms with E-state index in [-0.39, 0.29) is 11.5 Å². The van der Waals surface area contributed by atoms with Gasteiger partial charge < -0.3 is 37.9 Å². The summed E-state index contributed by atoms with van der Waals surface area (Å²) in [6.07, 6.45) is -2.23. The lowest BCUT2D eigenvalue weighted by molar-refractivity contribution is -0.171. The fraction of sp³-hybridized carbons (Fsp3) is 0.257. The first kappa shape index (κ1) is 33.7. The van der Waals surface area contributed by atoms with Crippen molar-refractivity contribution in [2.45, 2.75) is 24.5 Å². The molecule has 0 amide bonds. The van der Waals surface area contributed by atoms with E-state index in [1.165, 1.54) is 24.3 Å². The Bertz CT molecular complexity index is 1880. The summed E-state index contributed by atoms with van der Waals surface area (Å²) < 4.78 is 47.0. The largest absolute Gasteiger partial charge is 0.482 e. The van der Waals surface area contributed by atoms with Crippen LogP contribution in [0, 0.1) is 0 Å². The third-order valence-corrected chi connectivity index (χ3v) is 7.32. The van der Waals surface area contributed by atoms with Crippen molar-refractivity contribution < 1.29 is 52.3 Å². The van der Waals surface area contributed by atoms with Gasteiger partial charge in [-0.3, -0.25) is 4.57 Å². The molecule has 0 radical (unpaired) electrons. The van der Waals surface area contributed by atoms with Crippen LogP contribution >= 0.6 is 0 Å². The number of aromatic nitrogens is 4. The molecule has 0 saturated carbocycles. The number of rotatable bonds is 15. The van der Waals surface area contributed by atoms with Crippen molar-refractivity contribution in [2.75, 3.05) is 33.5 Å². The van der Waals surface area contributed by atoms with Crippen LogP contribution < -0.4 is 18.9 Å². The molecular formula is C35H32N4O11. The van der Waals surface area contributed by atoms with Crippen LogP contribution in [0.4, 0.5) is 0 Å². The topological polar surface area (TPSA) is 169 Å². The van der Waals surface area contributed by atoms with Crippen molar-refractivity contribution in [3.05, 3.63) is 104 Å². The number of imidazole rings is 1. The molecule has 3 heterocycles. The van der Waals surface area contributed by atoms with Crippen molar-refractivity contribution in [2.24, 2.45) is 0 Å². The monoisotopic (exact) mass is 684 g/mol. The van der Waals surface area contributed by atoms with Crippen LogP contribution in [0.15, 0.2) is 104 Å². The van der Waals surface area contributed by atoms with Crippen LogP contribution in [0.3, 0.4) is 0 Å². The van der Waals surface area contributed by atoms with Gasteiger partial charge in [0.15, 0.2) is 49.4 Å². The lowest BCUT2D eigenvalue weighted by Gasteiger charge is -2.25. The number of fused-ring (bicyclic) bond motifs is 1. The smallest absolute Gasteiger partial charge is 0.344 e. The number of hydrogen-bond donors (Lipinski definition) is 0. The first-order chi connectivity index (χ1) is 24.5. The highest BCUT2D eigenvalue weighted by Gasteiger charge is 2.51. The second-order valence-electron chi connectivity index (χ2n) is 10.7. The molecule has 1 aliphatic rings. The Balaban J connectivity index is 1.25. The summed E-state index contributed by atoms with van der Waals surface area (Å²) in [6, 6.07) is 26.1. The minimum absolute atomic E-state index is 0.196. The quantitative estimate of drug-likeness (QED) is 0.116. The summed E-state index contributed by atoms with van der Waals surface area (Å²) in [5.74, 6) is -0.756. The number of ether oxygens (including phenoxy) is 8. The number of nitrogens with zero attached hydrogens (tertiary/aromatic N) is 4. The summed E-state index contributed by atoms with van der Waals surface area (Å²) in [5, 5.41) is 0. The van der Waals surface area contributed by atoms with Gasteiger partial charge in [0.2, 0.25) is 5.88 Å². The molecule has 50 heavy (non-hydrogen) atoms. The van der Waals surface area contributed by atoms with Crippen molar-refractivity contribution in [1.29, 1.82) is 0 Å². The summed E-state index contributed by atoms with van der Waals surface area (Å²) in [5.41, 5.74) is 0.573. The van der Waals surface area contributed by atoms with Crippen LogP contribution in [-0.4, -0.2) is 89.3 Å². The lowest BCUT2D eigenvalue weighted by atomic mass is 10.1. The molecule has 1 saturated heterocycles. The molecule has 0 bridgehead atoms. The molecule has 4 atom stereocenters. The third kappa shape index (κ3) is 8.43. The lowest BCUT2D eigenvalue weighted by Crippen LogP contribution is -2.42. The van der Waals surface area contributed by atoms with Crippen LogP contribution in [0.2, 0.25) is 0 Å². The SMILES string of the molecule is COc1ncnc2c1ncn2[C@@H]1O[C@H](COC(=O)COc2ccccc2)[C@@H](OC(=O)COc2ccccc2)[C@@H]1OC(=O)COc1ccccc1. The first-order valence-corrected chi connectivity index (χ1v) is 15.4. The summed E-state index contributed by atoms with van der Waals surface area (Å²) in [7, 11) is 1.43. The van der Waals surface area contributed by atoms with E-state index in [9.17, 15) is 14.4 Å². The van der Waals surface area contributed by atoms with Crippen LogP contribution in [0.25, 0.3) is 11.2 Å². The Morgan fingerprint density at radius 2 is 1.20 bits per heavy atom. The number of esters is 3. The first-order valence-electron chi connectivity index (χ1n) is 15.4. The van der Waals surface area contributed by atoms with Gasteiger partial charge in [-0.15, -0.1) is 0 Å². The second kappa shape index (κ2) is 16.3. The highest BCUT2D eigenvalue weighted by atomic mass is 16.7. The molecule has 0 N–H and O–H groups in total. The second-order valence-corrected chi connectivity index (χ2v) is 10.7. The number of carbonyl (C=O) groups is 3. The van der Waals surface area contributed by atoms with Crippen molar-refractivity contribution in [3.8, 4) is 23.1 Å². The molecule has 6 rings (SSSR count). The van der Waals surface area contributed by atoms with Crippen LogP contribution in [-0.2, 0) is 33.3 Å². The van der Waals surface area contributed by atoms with Crippen LogP contribution in [0.1, 0.15) is 6.23 Å². The predicted molar refractivity (Wildman–Crippen MR) is 172 cm³/mol. The average Bonchev–Trinajstić information content (AvgIpc) is 3.73. The average molecular weight is 685 g/mol. The number of carbonyl (C=O) groups excluding carboxylic acids is 3. The van der Waals surface area contributed by atoms with Gasteiger partial charge in [0.25, 0.3) is 0 Å². The predicted octanol–water partition coefficient (Wildman–Crippen LogP) is 3.34. The molecule has 15 nitrogen and oxygen atoms in total. The Hall–Kier alpha value is -6.22. The minimum Gasteiger partial charge on any atom is -0.482 e. The fourth-order valence-electron chi connectivity index (χ4n) is 5.07. The van der Waals surface area contributed by atoms with E-state index in [0.717, 1.165) is 0 Å². The van der Waals surface area contributed by atoms with E-state index in [2.05, 4.69) is 15.0 Å². The van der Waals surface area contributed by atoms with E-state index < -0.39 is 68.9 Å². The van der Waals surface area contributed by atoms with Gasteiger partial charge >= 0.3 is 17.9 Å². The Morgan fingerprint density at radius 3 is 1.74 bits per heavy atom. The van der Waals surface area contributed by atoms with E-state index in [1.807, 2.05) is 6.07 Å². The van der Waals surface area contributed by atoms with E-state index in [4.69, 9.17) is 37.9 Å². The molecule has 0 unspecified atom stereocenters. The molecule has 15 heteroatoms. The van der Waals surface area contributed by atoms with Gasteiger partial charge in [-0.1, -0.05) is 54.6 Å². The standard InChI is InChI=1S/C35H32N4O11/c1-43-34-30-33(36-21-37-34)39(22-38-30)35-32(50-29(42)20-46-25-15-9-4-10-16-25)31(49-28(41)19-45-24-13-7-3-8-14-24)26(48-35)17-47-27(40)18-44-23-11-5-2-6-12-23/h2-16,21-22,26,31-32,35H,17-20H2,1H3/t26-,31-,32+,35-/m1/s1. The van der Waals surface area contributed by atoms with E-state index >= 15 is 0 Å². The third-order valence-electron chi connectivity index (χ3n) is 7.32. The van der Waals surface area contributed by atoms with Crippen molar-refractivity contribution >= 4 is 29.1 Å². The Morgan fingerprint density at radius 1 is 0.680 bits per heavy atom. The van der Waals surface area contributed by atoms with E-state index in [1.54, 1.807) is 84.9 Å². The number of para-hydroxylation sites is 3. The van der Waals surface area contributed by atoms with Gasteiger partial charge in [-0.05, 0) is 36.4 Å². The molecule has 3 aromatic carbocycles. The number of benzene rings is 3. The molecule has 2 aromatic heterocycles. The van der Waals surface area contributed by atoms with E-state index in [0.29, 0.717) is 22.8 Å². The summed E-state index contributed by atoms with van der Waals surface area (Å²) in [6.45, 7) is -1.74. The highest BCUT2D eigenvalue weighted by Crippen LogP contribution is 2.36. The Kier molecular flexibility index (Phi) is 10.9. The van der Waals surface area contributed by atoms with Crippen molar-refractivity contribution in [3.63, 3.8) is 0 Å². The van der Waals surface area contributed by atoms with Gasteiger partial charge in [-0.25, -0.2) is 24.4 Å². The molecule has 1 aliphatic heterocycles. The molecule has 258 valence electrons. The summed E-state index contributed by atoms with van der Waals surface area (Å²) >= 11 is 0. The number of methoxy groups -OCH3 is 1. The van der Waals surface area contributed by atoms with Gasteiger partial charge in [0.05, 0.1) is 13.4 Å². The maximum absolute atomic E-state index is 13.2. The van der Waals surface area contributed by atoms with Gasteiger partial charge in [-0.2, -0.15) is 4.98 Å². The molecule has 0 aliphatic carbocycles. The normalized spacial score (nSPS) is 18.2. The molecule has 5 aromatic rings. The number of hydrogen-bond acceptors (Lipinski definition) is 14. The Labute approximate surface area is 285 Å². The maximum atomic E-state index is 13.2. The summed E-state index contributed by atoms with van der Waals surface area (Å²) in [4.78, 5) is 51.9. The molecule has 0 spiro atoms. The molecular weight excluding hydrogens is 652 g/mol. The van der Waals surface area contributed by atoms with Crippen LogP contribution in [0.5, 0.6) is 23.1 Å². The highest BCUT2D eigenvalue weighted by molar-refractivity contribution is 5.76. The minimum atomic E-state index is -1.30. The molecule has 1 fully saturated rings. The van der Waals surface area contributed by atoms with Gasteiger partial charge in [0.1, 0.15) is 36.3 Å². The zero-order chi connectivity index (χ0) is 34.7. The maximum Gasteiger partial charge on any atom is 0.344 e. The zero-order valence-corrected chi connectivity index (χ0v) is 26.7. The fourth-order valence-corrected chi connectivity index (χ4v) is 5.07. The van der Waals surface area contributed by atoms with Gasteiger partial charge in [0, 0.05) is 0 Å². The zero-order valence-electron chi connectivity index (χ0n) is 26.7.